The van der Waals surface area contributed by atoms with Gasteiger partial charge in [-0.2, -0.15) is 0 Å². The molecule has 0 radical (unpaired) electrons. The minimum Gasteiger partial charge on any atom is -0.481 e. The Balaban J connectivity index is 2.08. The zero-order chi connectivity index (χ0) is 14.0. The lowest BCUT2D eigenvalue weighted by atomic mass is 9.95. The predicted octanol–water partition coefficient (Wildman–Crippen LogP) is 3.20. The molecule has 1 aliphatic carbocycles. The minimum absolute atomic E-state index is 0.188. The van der Waals surface area contributed by atoms with Crippen molar-refractivity contribution in [2.75, 3.05) is 5.32 Å². The summed E-state index contributed by atoms with van der Waals surface area (Å²) in [5.41, 5.74) is 1.74. The van der Waals surface area contributed by atoms with E-state index in [1.807, 2.05) is 19.1 Å². The highest BCUT2D eigenvalue weighted by atomic mass is 79.9. The van der Waals surface area contributed by atoms with Gasteiger partial charge in [0.05, 0.1) is 11.8 Å². The molecular weight excluding hydrogens is 310 g/mol. The molecule has 0 saturated heterocycles. The van der Waals surface area contributed by atoms with Crippen LogP contribution in [0.15, 0.2) is 22.7 Å². The highest BCUT2D eigenvalue weighted by Gasteiger charge is 2.37. The third-order valence-corrected chi connectivity index (χ3v) is 4.49. The van der Waals surface area contributed by atoms with E-state index in [0.717, 1.165) is 16.5 Å². The highest BCUT2D eigenvalue weighted by molar-refractivity contribution is 9.10. The molecule has 5 heteroatoms. The molecule has 2 rings (SSSR count). The normalized spacial score (nSPS) is 22.2. The summed E-state index contributed by atoms with van der Waals surface area (Å²) in [4.78, 5) is 23.2. The number of carbonyl (C=O) groups excluding carboxylic acids is 1. The molecule has 2 unspecified atom stereocenters. The molecule has 1 fully saturated rings. The van der Waals surface area contributed by atoms with Gasteiger partial charge in [0, 0.05) is 10.2 Å². The Morgan fingerprint density at radius 2 is 2.00 bits per heavy atom. The minimum atomic E-state index is -0.871. The summed E-state index contributed by atoms with van der Waals surface area (Å²) in [5.74, 6) is -2.02. The number of aryl methyl sites for hydroxylation is 1. The quantitative estimate of drug-likeness (QED) is 0.896. The monoisotopic (exact) mass is 325 g/mol. The Bertz CT molecular complexity index is 515. The van der Waals surface area contributed by atoms with Crippen LogP contribution in [0.25, 0.3) is 0 Å². The van der Waals surface area contributed by atoms with Gasteiger partial charge in [0.2, 0.25) is 5.91 Å². The van der Waals surface area contributed by atoms with Crippen LogP contribution in [-0.2, 0) is 9.59 Å². The number of carboxylic acids is 1. The molecule has 1 amide bonds. The Labute approximate surface area is 120 Å². The second-order valence-electron chi connectivity index (χ2n) is 4.94. The predicted molar refractivity (Wildman–Crippen MR) is 76.0 cm³/mol. The molecule has 0 aromatic heterocycles. The SMILES string of the molecule is Cc1cc(NC(=O)C2CCCC2C(=O)O)ccc1Br. The van der Waals surface area contributed by atoms with Gasteiger partial charge in [-0.1, -0.05) is 22.4 Å². The van der Waals surface area contributed by atoms with Crippen molar-refractivity contribution < 1.29 is 14.7 Å². The zero-order valence-electron chi connectivity index (χ0n) is 10.6. The van der Waals surface area contributed by atoms with Gasteiger partial charge in [-0.3, -0.25) is 9.59 Å². The topological polar surface area (TPSA) is 66.4 Å². The number of hydrogen-bond donors (Lipinski definition) is 2. The molecule has 1 saturated carbocycles. The number of carbonyl (C=O) groups is 2. The summed E-state index contributed by atoms with van der Waals surface area (Å²) < 4.78 is 0.981. The third-order valence-electron chi connectivity index (χ3n) is 3.60. The first-order valence-electron chi connectivity index (χ1n) is 6.29. The maximum absolute atomic E-state index is 12.1. The molecule has 19 heavy (non-hydrogen) atoms. The molecule has 0 bridgehead atoms. The van der Waals surface area contributed by atoms with E-state index in [1.165, 1.54) is 0 Å². The lowest BCUT2D eigenvalue weighted by molar-refractivity contribution is -0.145. The first-order valence-corrected chi connectivity index (χ1v) is 7.08. The molecule has 1 aromatic carbocycles. The average molecular weight is 326 g/mol. The van der Waals surface area contributed by atoms with Crippen molar-refractivity contribution in [2.24, 2.45) is 11.8 Å². The van der Waals surface area contributed by atoms with Crippen LogP contribution in [0, 0.1) is 18.8 Å². The largest absolute Gasteiger partial charge is 0.481 e. The fourth-order valence-corrected chi connectivity index (χ4v) is 2.77. The fraction of sp³-hybridized carbons (Fsp3) is 0.429. The summed E-state index contributed by atoms with van der Waals surface area (Å²) in [6.45, 7) is 1.94. The van der Waals surface area contributed by atoms with Crippen LogP contribution >= 0.6 is 15.9 Å². The Morgan fingerprint density at radius 1 is 1.32 bits per heavy atom. The summed E-state index contributed by atoms with van der Waals surface area (Å²) in [6.07, 6.45) is 2.04. The van der Waals surface area contributed by atoms with Crippen LogP contribution in [0.2, 0.25) is 0 Å². The Morgan fingerprint density at radius 3 is 2.63 bits per heavy atom. The summed E-state index contributed by atoms with van der Waals surface area (Å²) in [6, 6.07) is 5.54. The summed E-state index contributed by atoms with van der Waals surface area (Å²) in [7, 11) is 0. The van der Waals surface area contributed by atoms with Crippen LogP contribution in [0.3, 0.4) is 0 Å². The molecular formula is C14H16BrNO3. The van der Waals surface area contributed by atoms with Crippen LogP contribution in [0.1, 0.15) is 24.8 Å². The maximum Gasteiger partial charge on any atom is 0.307 e. The lowest BCUT2D eigenvalue weighted by Gasteiger charge is -2.16. The first kappa shape index (κ1) is 14.1. The number of rotatable bonds is 3. The molecule has 0 spiro atoms. The molecule has 1 aromatic rings. The molecule has 2 atom stereocenters. The Kier molecular flexibility index (Phi) is 4.24. The van der Waals surface area contributed by atoms with E-state index in [-0.39, 0.29) is 5.91 Å². The molecule has 4 nitrogen and oxygen atoms in total. The number of hydrogen-bond acceptors (Lipinski definition) is 2. The first-order chi connectivity index (χ1) is 8.99. The van der Waals surface area contributed by atoms with E-state index in [9.17, 15) is 9.59 Å². The summed E-state index contributed by atoms with van der Waals surface area (Å²) in [5, 5.41) is 11.9. The van der Waals surface area contributed by atoms with E-state index in [0.29, 0.717) is 18.5 Å². The average Bonchev–Trinajstić information content (AvgIpc) is 2.83. The van der Waals surface area contributed by atoms with E-state index >= 15 is 0 Å². The molecule has 0 aliphatic heterocycles. The van der Waals surface area contributed by atoms with Gasteiger partial charge in [-0.25, -0.2) is 0 Å². The highest BCUT2D eigenvalue weighted by Crippen LogP contribution is 2.33. The number of nitrogens with one attached hydrogen (secondary N) is 1. The van der Waals surface area contributed by atoms with Crippen molar-refractivity contribution in [3.05, 3.63) is 28.2 Å². The van der Waals surface area contributed by atoms with Crippen LogP contribution in [0.4, 0.5) is 5.69 Å². The van der Waals surface area contributed by atoms with Gasteiger partial charge in [-0.05, 0) is 43.5 Å². The van der Waals surface area contributed by atoms with Crippen molar-refractivity contribution in [3.8, 4) is 0 Å². The Hall–Kier alpha value is -1.36. The van der Waals surface area contributed by atoms with Crippen molar-refractivity contribution in [1.82, 2.24) is 0 Å². The van der Waals surface area contributed by atoms with Gasteiger partial charge in [0.25, 0.3) is 0 Å². The standard InChI is InChI=1S/C14H16BrNO3/c1-8-7-9(5-6-12(8)15)16-13(17)10-3-2-4-11(10)14(18)19/h5-7,10-11H,2-4H2,1H3,(H,16,17)(H,18,19). The van der Waals surface area contributed by atoms with E-state index in [2.05, 4.69) is 21.2 Å². The van der Waals surface area contributed by atoms with Crippen molar-refractivity contribution >= 4 is 33.5 Å². The molecule has 1 aliphatic rings. The second kappa shape index (κ2) is 5.74. The number of carboxylic acid groups (broad SMARTS) is 1. The number of benzene rings is 1. The van der Waals surface area contributed by atoms with Crippen molar-refractivity contribution in [2.45, 2.75) is 26.2 Å². The molecule has 2 N–H and O–H groups in total. The number of aliphatic carboxylic acids is 1. The van der Waals surface area contributed by atoms with Crippen molar-refractivity contribution in [3.63, 3.8) is 0 Å². The van der Waals surface area contributed by atoms with Crippen LogP contribution in [0.5, 0.6) is 0 Å². The fourth-order valence-electron chi connectivity index (χ4n) is 2.53. The molecule has 0 heterocycles. The smallest absolute Gasteiger partial charge is 0.307 e. The molecule has 102 valence electrons. The third kappa shape index (κ3) is 3.15. The van der Waals surface area contributed by atoms with E-state index in [1.54, 1.807) is 6.07 Å². The summed E-state index contributed by atoms with van der Waals surface area (Å²) >= 11 is 3.40. The van der Waals surface area contributed by atoms with Crippen molar-refractivity contribution in [1.29, 1.82) is 0 Å². The van der Waals surface area contributed by atoms with E-state index < -0.39 is 17.8 Å². The van der Waals surface area contributed by atoms with Gasteiger partial charge in [-0.15, -0.1) is 0 Å². The number of halogens is 1. The second-order valence-corrected chi connectivity index (χ2v) is 5.79. The van der Waals surface area contributed by atoms with Gasteiger partial charge in [0.1, 0.15) is 0 Å². The lowest BCUT2D eigenvalue weighted by Crippen LogP contribution is -2.29. The van der Waals surface area contributed by atoms with Crippen LogP contribution in [-0.4, -0.2) is 17.0 Å². The van der Waals surface area contributed by atoms with Gasteiger partial charge >= 0.3 is 5.97 Å². The van der Waals surface area contributed by atoms with Crippen LogP contribution < -0.4 is 5.32 Å². The van der Waals surface area contributed by atoms with Gasteiger partial charge in [0.15, 0.2) is 0 Å². The number of anilines is 1. The maximum atomic E-state index is 12.1. The van der Waals surface area contributed by atoms with Gasteiger partial charge < -0.3 is 10.4 Å². The number of amides is 1. The zero-order valence-corrected chi connectivity index (χ0v) is 12.2. The van der Waals surface area contributed by atoms with E-state index in [4.69, 9.17) is 5.11 Å².